The standard InChI is InChI=1S/C18H27N3O2/c1-13(2)17(18(23)19-3)20-10-8-16(22)21-11-9-14-6-4-5-7-15(14)12-21/h4-7,13,17,20H,8-12H2,1-3H3,(H,19,23)/t17-/m0/s1. The van der Waals surface area contributed by atoms with Crippen molar-refractivity contribution in [2.45, 2.75) is 39.3 Å². The SMILES string of the molecule is CNC(=O)[C@@H](NCCC(=O)N1CCc2ccccc2C1)C(C)C. The normalized spacial score (nSPS) is 15.2. The predicted octanol–water partition coefficient (Wildman–Crippen LogP) is 1.32. The van der Waals surface area contributed by atoms with Gasteiger partial charge in [-0.15, -0.1) is 0 Å². The summed E-state index contributed by atoms with van der Waals surface area (Å²) in [7, 11) is 1.63. The summed E-state index contributed by atoms with van der Waals surface area (Å²) in [6.45, 7) is 5.98. The van der Waals surface area contributed by atoms with E-state index in [1.54, 1.807) is 7.05 Å². The van der Waals surface area contributed by atoms with E-state index in [0.29, 0.717) is 19.5 Å². The molecule has 0 unspecified atom stereocenters. The van der Waals surface area contributed by atoms with Crippen LogP contribution in [-0.4, -0.2) is 42.9 Å². The third kappa shape index (κ3) is 4.55. The summed E-state index contributed by atoms with van der Waals surface area (Å²) in [4.78, 5) is 26.1. The Balaban J connectivity index is 1.83. The van der Waals surface area contributed by atoms with Crippen LogP contribution in [-0.2, 0) is 22.6 Å². The van der Waals surface area contributed by atoms with E-state index in [1.807, 2.05) is 30.9 Å². The van der Waals surface area contributed by atoms with Gasteiger partial charge in [0.25, 0.3) is 0 Å². The number of carbonyl (C=O) groups excluding carboxylic acids is 2. The molecule has 1 aliphatic rings. The zero-order valence-corrected chi connectivity index (χ0v) is 14.3. The van der Waals surface area contributed by atoms with Crippen LogP contribution in [0.5, 0.6) is 0 Å². The van der Waals surface area contributed by atoms with Crippen LogP contribution >= 0.6 is 0 Å². The Morgan fingerprint density at radius 1 is 1.22 bits per heavy atom. The smallest absolute Gasteiger partial charge is 0.237 e. The van der Waals surface area contributed by atoms with Crippen molar-refractivity contribution in [1.82, 2.24) is 15.5 Å². The molecule has 5 nitrogen and oxygen atoms in total. The van der Waals surface area contributed by atoms with E-state index in [9.17, 15) is 9.59 Å². The second-order valence-corrected chi connectivity index (χ2v) is 6.37. The molecule has 1 aromatic rings. The van der Waals surface area contributed by atoms with Crippen molar-refractivity contribution in [3.63, 3.8) is 0 Å². The molecule has 0 spiro atoms. The largest absolute Gasteiger partial charge is 0.358 e. The highest BCUT2D eigenvalue weighted by atomic mass is 16.2. The van der Waals surface area contributed by atoms with E-state index >= 15 is 0 Å². The summed E-state index contributed by atoms with van der Waals surface area (Å²) >= 11 is 0. The van der Waals surface area contributed by atoms with Gasteiger partial charge in [-0.05, 0) is 23.5 Å². The van der Waals surface area contributed by atoms with E-state index in [0.717, 1.165) is 13.0 Å². The number of amides is 2. The lowest BCUT2D eigenvalue weighted by Crippen LogP contribution is -2.47. The van der Waals surface area contributed by atoms with Crippen LogP contribution in [0.2, 0.25) is 0 Å². The minimum absolute atomic E-state index is 0.0284. The third-order valence-electron chi connectivity index (χ3n) is 4.38. The van der Waals surface area contributed by atoms with Crippen LogP contribution < -0.4 is 10.6 Å². The molecule has 0 radical (unpaired) electrons. The minimum Gasteiger partial charge on any atom is -0.358 e. The predicted molar refractivity (Wildman–Crippen MR) is 90.9 cm³/mol. The second kappa shape index (κ2) is 8.11. The van der Waals surface area contributed by atoms with Crippen LogP contribution in [0, 0.1) is 5.92 Å². The number of benzene rings is 1. The molecule has 1 aromatic carbocycles. The number of carbonyl (C=O) groups is 2. The zero-order valence-electron chi connectivity index (χ0n) is 14.3. The van der Waals surface area contributed by atoms with Crippen LogP contribution in [0.1, 0.15) is 31.4 Å². The van der Waals surface area contributed by atoms with Gasteiger partial charge < -0.3 is 15.5 Å². The lowest BCUT2D eigenvalue weighted by Gasteiger charge is -2.29. The fourth-order valence-electron chi connectivity index (χ4n) is 2.99. The number of fused-ring (bicyclic) bond motifs is 1. The van der Waals surface area contributed by atoms with Gasteiger partial charge in [-0.3, -0.25) is 9.59 Å². The Kier molecular flexibility index (Phi) is 6.16. The van der Waals surface area contributed by atoms with Crippen molar-refractivity contribution in [3.05, 3.63) is 35.4 Å². The second-order valence-electron chi connectivity index (χ2n) is 6.37. The maximum atomic E-state index is 12.4. The summed E-state index contributed by atoms with van der Waals surface area (Å²) in [5, 5.41) is 5.86. The van der Waals surface area contributed by atoms with Gasteiger partial charge >= 0.3 is 0 Å². The van der Waals surface area contributed by atoms with E-state index in [2.05, 4.69) is 22.8 Å². The Hall–Kier alpha value is -1.88. The highest BCUT2D eigenvalue weighted by Crippen LogP contribution is 2.18. The molecular weight excluding hydrogens is 290 g/mol. The monoisotopic (exact) mass is 317 g/mol. The summed E-state index contributed by atoms with van der Waals surface area (Å²) in [6.07, 6.45) is 1.34. The van der Waals surface area contributed by atoms with Crippen LogP contribution in [0.3, 0.4) is 0 Å². The molecule has 0 aliphatic carbocycles. The molecule has 0 bridgehead atoms. The van der Waals surface area contributed by atoms with Crippen molar-refractivity contribution in [3.8, 4) is 0 Å². The number of hydrogen-bond donors (Lipinski definition) is 2. The molecule has 2 amide bonds. The zero-order chi connectivity index (χ0) is 16.8. The van der Waals surface area contributed by atoms with Gasteiger partial charge in [-0.25, -0.2) is 0 Å². The van der Waals surface area contributed by atoms with Crippen molar-refractivity contribution < 1.29 is 9.59 Å². The first kappa shape index (κ1) is 17.5. The van der Waals surface area contributed by atoms with Gasteiger partial charge in [0.15, 0.2) is 0 Å². The summed E-state index contributed by atoms with van der Waals surface area (Å²) in [5.41, 5.74) is 2.58. The molecule has 0 fully saturated rings. The van der Waals surface area contributed by atoms with Crippen molar-refractivity contribution in [2.24, 2.45) is 5.92 Å². The molecule has 0 saturated carbocycles. The van der Waals surface area contributed by atoms with Crippen molar-refractivity contribution >= 4 is 11.8 Å². The van der Waals surface area contributed by atoms with Crippen LogP contribution in [0.25, 0.3) is 0 Å². The molecular formula is C18H27N3O2. The maximum Gasteiger partial charge on any atom is 0.237 e. The van der Waals surface area contributed by atoms with Gasteiger partial charge in [-0.2, -0.15) is 0 Å². The van der Waals surface area contributed by atoms with Crippen LogP contribution in [0.4, 0.5) is 0 Å². The number of rotatable bonds is 6. The molecule has 2 rings (SSSR count). The highest BCUT2D eigenvalue weighted by molar-refractivity contribution is 5.82. The van der Waals surface area contributed by atoms with E-state index < -0.39 is 0 Å². The lowest BCUT2D eigenvalue weighted by molar-refractivity contribution is -0.132. The van der Waals surface area contributed by atoms with Crippen molar-refractivity contribution in [1.29, 1.82) is 0 Å². The van der Waals surface area contributed by atoms with Gasteiger partial charge in [0, 0.05) is 33.1 Å². The molecule has 0 saturated heterocycles. The molecule has 1 atom stereocenters. The number of hydrogen-bond acceptors (Lipinski definition) is 3. The Morgan fingerprint density at radius 2 is 1.91 bits per heavy atom. The first-order valence-electron chi connectivity index (χ1n) is 8.32. The Bertz CT molecular complexity index is 557. The molecule has 5 heteroatoms. The average Bonchev–Trinajstić information content (AvgIpc) is 2.57. The van der Waals surface area contributed by atoms with Crippen LogP contribution in [0.15, 0.2) is 24.3 Å². The Morgan fingerprint density at radius 3 is 2.57 bits per heavy atom. The fraction of sp³-hybridized carbons (Fsp3) is 0.556. The van der Waals surface area contributed by atoms with Gasteiger partial charge in [0.1, 0.15) is 0 Å². The number of nitrogens with zero attached hydrogens (tertiary/aromatic N) is 1. The number of nitrogens with one attached hydrogen (secondary N) is 2. The summed E-state index contributed by atoms with van der Waals surface area (Å²) in [6, 6.07) is 8.04. The molecule has 2 N–H and O–H groups in total. The van der Waals surface area contributed by atoms with E-state index in [1.165, 1.54) is 11.1 Å². The fourth-order valence-corrected chi connectivity index (χ4v) is 2.99. The maximum absolute atomic E-state index is 12.4. The van der Waals surface area contributed by atoms with E-state index in [-0.39, 0.29) is 23.8 Å². The van der Waals surface area contributed by atoms with Gasteiger partial charge in [0.2, 0.25) is 11.8 Å². The molecule has 23 heavy (non-hydrogen) atoms. The topological polar surface area (TPSA) is 61.4 Å². The molecule has 1 heterocycles. The summed E-state index contributed by atoms with van der Waals surface area (Å²) in [5.74, 6) is 0.303. The third-order valence-corrected chi connectivity index (χ3v) is 4.38. The van der Waals surface area contributed by atoms with Gasteiger partial charge in [0.05, 0.1) is 6.04 Å². The highest BCUT2D eigenvalue weighted by Gasteiger charge is 2.22. The first-order valence-corrected chi connectivity index (χ1v) is 8.32. The summed E-state index contributed by atoms with van der Waals surface area (Å²) < 4.78 is 0. The number of likely N-dealkylation sites (N-methyl/N-ethyl adjacent to an activating group) is 1. The van der Waals surface area contributed by atoms with Gasteiger partial charge in [-0.1, -0.05) is 38.1 Å². The minimum atomic E-state index is -0.255. The quantitative estimate of drug-likeness (QED) is 0.832. The lowest BCUT2D eigenvalue weighted by atomic mass is 9.99. The average molecular weight is 317 g/mol. The molecule has 126 valence electrons. The molecule has 0 aromatic heterocycles. The first-order chi connectivity index (χ1) is 11.0. The van der Waals surface area contributed by atoms with Crippen molar-refractivity contribution in [2.75, 3.05) is 20.1 Å². The van der Waals surface area contributed by atoms with E-state index in [4.69, 9.17) is 0 Å². The Labute approximate surface area is 138 Å². The molecule has 1 aliphatic heterocycles.